The number of benzene rings is 2. The third-order valence-electron chi connectivity index (χ3n) is 2.67. The summed E-state index contributed by atoms with van der Waals surface area (Å²) in [7, 11) is -2.41. The highest BCUT2D eigenvalue weighted by molar-refractivity contribution is 9.10. The Bertz CT molecular complexity index is 704. The molecule has 1 N–H and O–H groups in total. The lowest BCUT2D eigenvalue weighted by Crippen LogP contribution is -2.24. The van der Waals surface area contributed by atoms with Gasteiger partial charge in [0.25, 0.3) is 10.0 Å². The molecule has 5 nitrogen and oxygen atoms in total. The molecule has 0 aliphatic carbocycles. The van der Waals surface area contributed by atoms with Crippen molar-refractivity contribution in [2.24, 2.45) is 0 Å². The molecule has 0 spiro atoms. The lowest BCUT2D eigenvalue weighted by Gasteiger charge is -2.11. The summed E-state index contributed by atoms with van der Waals surface area (Å²) >= 11 is 3.23. The molecule has 0 bridgehead atoms. The summed E-state index contributed by atoms with van der Waals surface area (Å²) in [5.74, 6) is 0.244. The van der Waals surface area contributed by atoms with Crippen molar-refractivity contribution in [3.05, 3.63) is 58.6 Å². The molecule has 0 unspecified atom stereocenters. The maximum Gasteiger partial charge on any atom is 0.266 e. The molecule has 0 heterocycles. The molecule has 0 aromatic heterocycles. The van der Waals surface area contributed by atoms with Crippen molar-refractivity contribution in [3.8, 4) is 5.75 Å². The molecule has 0 fully saturated rings. The fraction of sp³-hybridized carbons (Fsp3) is 0.143. The molecule has 2 aromatic carbocycles. The molecule has 0 saturated heterocycles. The van der Waals surface area contributed by atoms with Crippen molar-refractivity contribution >= 4 is 26.0 Å². The zero-order valence-electron chi connectivity index (χ0n) is 11.2. The monoisotopic (exact) mass is 371 g/mol. The number of rotatable bonds is 6. The van der Waals surface area contributed by atoms with E-state index in [0.29, 0.717) is 4.47 Å². The van der Waals surface area contributed by atoms with Crippen LogP contribution >= 0.6 is 15.9 Å². The molecule has 0 aliphatic rings. The van der Waals surface area contributed by atoms with Gasteiger partial charge in [0, 0.05) is 4.47 Å². The predicted octanol–water partition coefficient (Wildman–Crippen LogP) is 2.87. The Labute approximate surface area is 132 Å². The molecule has 0 aliphatic heterocycles. The first-order chi connectivity index (χ1) is 10.0. The van der Waals surface area contributed by atoms with Gasteiger partial charge in [0.15, 0.2) is 0 Å². The Kier molecular flexibility index (Phi) is 5.35. The van der Waals surface area contributed by atoms with E-state index in [2.05, 4.69) is 20.8 Å². The van der Waals surface area contributed by atoms with Crippen molar-refractivity contribution in [1.29, 1.82) is 0 Å². The Balaban J connectivity index is 2.10. The molecule has 0 saturated carbocycles. The topological polar surface area (TPSA) is 64.6 Å². The van der Waals surface area contributed by atoms with Crippen molar-refractivity contribution in [3.63, 3.8) is 0 Å². The van der Waals surface area contributed by atoms with E-state index in [1.165, 1.54) is 13.2 Å². The van der Waals surface area contributed by atoms with E-state index in [4.69, 9.17) is 9.57 Å². The van der Waals surface area contributed by atoms with Crippen LogP contribution in [0.25, 0.3) is 0 Å². The first-order valence-electron chi connectivity index (χ1n) is 6.04. The van der Waals surface area contributed by atoms with Gasteiger partial charge in [0.05, 0.1) is 13.7 Å². The largest absolute Gasteiger partial charge is 0.495 e. The molecule has 2 aromatic rings. The summed E-state index contributed by atoms with van der Waals surface area (Å²) in [5, 5.41) is 0. The standard InChI is InChI=1S/C14H14BrNO4S/c1-19-13-8-7-12(15)9-14(13)21(17,18)16-20-10-11-5-3-2-4-6-11/h2-9,16H,10H2,1H3. The SMILES string of the molecule is COc1ccc(Br)cc1S(=O)(=O)NOCc1ccccc1. The lowest BCUT2D eigenvalue weighted by molar-refractivity contribution is 0.0794. The lowest BCUT2D eigenvalue weighted by atomic mass is 10.2. The average Bonchev–Trinajstić information content (AvgIpc) is 2.48. The Hall–Kier alpha value is -1.41. The summed E-state index contributed by atoms with van der Waals surface area (Å²) in [6, 6.07) is 14.0. The zero-order chi connectivity index (χ0) is 15.3. The highest BCUT2D eigenvalue weighted by Gasteiger charge is 2.20. The molecule has 112 valence electrons. The van der Waals surface area contributed by atoms with Crippen LogP contribution in [0.5, 0.6) is 5.75 Å². The van der Waals surface area contributed by atoms with Crippen LogP contribution in [-0.4, -0.2) is 15.5 Å². The molecule has 0 amide bonds. The fourth-order valence-electron chi connectivity index (χ4n) is 1.67. The van der Waals surface area contributed by atoms with Gasteiger partial charge in [-0.1, -0.05) is 51.1 Å². The van der Waals surface area contributed by atoms with Gasteiger partial charge in [-0.3, -0.25) is 4.84 Å². The second kappa shape index (κ2) is 7.04. The van der Waals surface area contributed by atoms with Crippen LogP contribution in [0.3, 0.4) is 0 Å². The molecule has 0 radical (unpaired) electrons. The van der Waals surface area contributed by atoms with Gasteiger partial charge in [0.2, 0.25) is 0 Å². The van der Waals surface area contributed by atoms with Crippen molar-refractivity contribution in [2.75, 3.05) is 7.11 Å². The van der Waals surface area contributed by atoms with E-state index in [9.17, 15) is 8.42 Å². The van der Waals surface area contributed by atoms with Crippen LogP contribution in [0.1, 0.15) is 5.56 Å². The normalized spacial score (nSPS) is 11.3. The fourth-order valence-corrected chi connectivity index (χ4v) is 3.18. The van der Waals surface area contributed by atoms with Crippen molar-refractivity contribution in [1.82, 2.24) is 4.89 Å². The quantitative estimate of drug-likeness (QED) is 0.792. The Morgan fingerprint density at radius 3 is 2.52 bits per heavy atom. The average molecular weight is 372 g/mol. The van der Waals surface area contributed by atoms with Crippen LogP contribution < -0.4 is 9.62 Å². The van der Waals surface area contributed by atoms with Crippen LogP contribution in [0.2, 0.25) is 0 Å². The number of nitrogens with one attached hydrogen (secondary N) is 1. The highest BCUT2D eigenvalue weighted by Crippen LogP contribution is 2.27. The molecular weight excluding hydrogens is 358 g/mol. The van der Waals surface area contributed by atoms with Gasteiger partial charge in [-0.25, -0.2) is 8.42 Å². The Morgan fingerprint density at radius 2 is 1.86 bits per heavy atom. The number of hydrogen-bond donors (Lipinski definition) is 1. The van der Waals surface area contributed by atoms with E-state index in [-0.39, 0.29) is 17.3 Å². The van der Waals surface area contributed by atoms with Crippen LogP contribution in [0.15, 0.2) is 57.9 Å². The van der Waals surface area contributed by atoms with Crippen LogP contribution in [-0.2, 0) is 21.5 Å². The second-order valence-corrected chi connectivity index (χ2v) is 6.69. The predicted molar refractivity (Wildman–Crippen MR) is 82.2 cm³/mol. The second-order valence-electron chi connectivity index (χ2n) is 4.16. The molecular formula is C14H14BrNO4S. The van der Waals surface area contributed by atoms with Crippen LogP contribution in [0, 0.1) is 0 Å². The minimum absolute atomic E-state index is 0.00689. The van der Waals surface area contributed by atoms with Gasteiger partial charge in [-0.15, -0.1) is 0 Å². The molecule has 2 rings (SSSR count). The van der Waals surface area contributed by atoms with Crippen LogP contribution in [0.4, 0.5) is 0 Å². The number of hydrogen-bond acceptors (Lipinski definition) is 4. The van der Waals surface area contributed by atoms with Crippen molar-refractivity contribution < 1.29 is 18.0 Å². The number of sulfonamides is 1. The summed E-state index contributed by atoms with van der Waals surface area (Å²) in [6.45, 7) is 0.135. The molecule has 0 atom stereocenters. The summed E-state index contributed by atoms with van der Waals surface area (Å²) in [6.07, 6.45) is 0. The maximum atomic E-state index is 12.2. The van der Waals surface area contributed by atoms with E-state index in [0.717, 1.165) is 5.56 Å². The minimum atomic E-state index is -3.82. The first kappa shape index (κ1) is 16.0. The molecule has 7 heteroatoms. The van der Waals surface area contributed by atoms with Crippen molar-refractivity contribution in [2.45, 2.75) is 11.5 Å². The van der Waals surface area contributed by atoms with Gasteiger partial charge in [-0.05, 0) is 23.8 Å². The minimum Gasteiger partial charge on any atom is -0.495 e. The van der Waals surface area contributed by atoms with Gasteiger partial charge < -0.3 is 4.74 Å². The third-order valence-corrected chi connectivity index (χ3v) is 4.39. The summed E-state index contributed by atoms with van der Waals surface area (Å²) < 4.78 is 30.1. The number of ether oxygens (including phenoxy) is 1. The van der Waals surface area contributed by atoms with Gasteiger partial charge in [0.1, 0.15) is 10.6 Å². The first-order valence-corrected chi connectivity index (χ1v) is 8.31. The highest BCUT2D eigenvalue weighted by atomic mass is 79.9. The zero-order valence-corrected chi connectivity index (χ0v) is 13.6. The maximum absolute atomic E-state index is 12.2. The smallest absolute Gasteiger partial charge is 0.266 e. The summed E-state index contributed by atoms with van der Waals surface area (Å²) in [4.78, 5) is 7.17. The van der Waals surface area contributed by atoms with Gasteiger partial charge >= 0.3 is 0 Å². The van der Waals surface area contributed by atoms with Gasteiger partial charge in [-0.2, -0.15) is 0 Å². The van der Waals surface area contributed by atoms with E-state index >= 15 is 0 Å². The van der Waals surface area contributed by atoms with E-state index in [1.807, 2.05) is 30.3 Å². The van der Waals surface area contributed by atoms with E-state index < -0.39 is 10.0 Å². The van der Waals surface area contributed by atoms with E-state index in [1.54, 1.807) is 12.1 Å². The Morgan fingerprint density at radius 1 is 1.14 bits per heavy atom. The number of methoxy groups -OCH3 is 1. The summed E-state index contributed by atoms with van der Waals surface area (Å²) in [5.41, 5.74) is 0.862. The number of halogens is 1. The molecule has 21 heavy (non-hydrogen) atoms. The third kappa shape index (κ3) is 4.28.